The van der Waals surface area contributed by atoms with Gasteiger partial charge in [0.25, 0.3) is 0 Å². The molecule has 3 rings (SSSR count). The Morgan fingerprint density at radius 3 is 1.84 bits per heavy atom. The monoisotopic (exact) mass is 419 g/mol. The minimum atomic E-state index is -1.74. The smallest absolute Gasteiger partial charge is 0.339 e. The first kappa shape index (κ1) is 21.1. The Morgan fingerprint density at radius 1 is 0.774 bits per heavy atom. The third kappa shape index (κ3) is 4.06. The Kier molecular flexibility index (Phi) is 5.43. The van der Waals surface area contributed by atoms with Crippen LogP contribution in [0.3, 0.4) is 0 Å². The maximum atomic E-state index is 11.8. The number of benzene rings is 2. The van der Waals surface area contributed by atoms with Crippen LogP contribution in [0.2, 0.25) is 0 Å². The molecule has 0 saturated carbocycles. The molecule has 0 fully saturated rings. The molecule has 0 bridgehead atoms. The molecular formula is C22H11O9-3. The first-order chi connectivity index (χ1) is 14.6. The fourth-order valence-electron chi connectivity index (χ4n) is 3.05. The highest BCUT2D eigenvalue weighted by molar-refractivity contribution is 6.23. The van der Waals surface area contributed by atoms with Crippen LogP contribution in [0.4, 0.5) is 0 Å². The van der Waals surface area contributed by atoms with Crippen molar-refractivity contribution in [2.24, 2.45) is 0 Å². The number of rotatable bonds is 5. The molecule has 2 aromatic carbocycles. The van der Waals surface area contributed by atoms with E-state index in [1.165, 1.54) is 18.2 Å². The van der Waals surface area contributed by atoms with E-state index in [4.69, 9.17) is 0 Å². The number of aromatic carboxylic acids is 2. The van der Waals surface area contributed by atoms with Gasteiger partial charge in [-0.1, -0.05) is 41.8 Å². The number of ketones is 1. The topological polar surface area (TPSA) is 178 Å². The van der Waals surface area contributed by atoms with Crippen molar-refractivity contribution in [2.45, 2.75) is 0 Å². The number of carbonyl (C=O) groups is 4. The number of hydrogen-bond acceptors (Lipinski definition) is 7. The van der Waals surface area contributed by atoms with Gasteiger partial charge in [-0.3, -0.25) is 4.79 Å². The summed E-state index contributed by atoms with van der Waals surface area (Å²) in [6.45, 7) is 0. The second-order valence-electron chi connectivity index (χ2n) is 6.41. The van der Waals surface area contributed by atoms with Gasteiger partial charge >= 0.3 is 11.9 Å². The zero-order valence-electron chi connectivity index (χ0n) is 15.4. The molecule has 9 nitrogen and oxygen atoms in total. The zero-order valence-corrected chi connectivity index (χ0v) is 15.4. The average molecular weight is 419 g/mol. The van der Waals surface area contributed by atoms with Crippen molar-refractivity contribution in [1.82, 2.24) is 0 Å². The Balaban J connectivity index is 2.38. The van der Waals surface area contributed by atoms with E-state index in [0.717, 1.165) is 36.4 Å². The molecule has 2 aromatic rings. The minimum absolute atomic E-state index is 0.101. The first-order valence-corrected chi connectivity index (χ1v) is 8.59. The summed E-state index contributed by atoms with van der Waals surface area (Å²) in [6.07, 6.45) is 3.29. The van der Waals surface area contributed by atoms with Gasteiger partial charge in [-0.15, -0.1) is 0 Å². The molecule has 0 spiro atoms. The second kappa shape index (κ2) is 7.99. The highest BCUT2D eigenvalue weighted by Crippen LogP contribution is 2.34. The van der Waals surface area contributed by atoms with Crippen LogP contribution in [0.25, 0.3) is 5.57 Å². The summed E-state index contributed by atoms with van der Waals surface area (Å²) in [7, 11) is 0. The van der Waals surface area contributed by atoms with Crippen LogP contribution in [0.5, 0.6) is 11.5 Å². The Labute approximate surface area is 174 Å². The summed E-state index contributed by atoms with van der Waals surface area (Å²) < 4.78 is 0. The number of carboxylic acid groups (broad SMARTS) is 3. The zero-order chi connectivity index (χ0) is 22.9. The largest absolute Gasteiger partial charge is 0.872 e. The number of aliphatic carboxylic acids is 1. The molecule has 1 aliphatic carbocycles. The van der Waals surface area contributed by atoms with Gasteiger partial charge < -0.3 is 30.3 Å². The predicted molar refractivity (Wildman–Crippen MR) is 99.0 cm³/mol. The van der Waals surface area contributed by atoms with Gasteiger partial charge in [-0.25, -0.2) is 9.59 Å². The maximum absolute atomic E-state index is 11.8. The van der Waals surface area contributed by atoms with Gasteiger partial charge in [0.15, 0.2) is 5.78 Å². The lowest BCUT2D eigenvalue weighted by atomic mass is 9.87. The first-order valence-electron chi connectivity index (χ1n) is 8.59. The predicted octanol–water partition coefficient (Wildman–Crippen LogP) is -0.153. The minimum Gasteiger partial charge on any atom is -0.872 e. The Hall–Kier alpha value is -4.66. The van der Waals surface area contributed by atoms with Crippen LogP contribution < -0.4 is 15.3 Å². The van der Waals surface area contributed by atoms with Crippen molar-refractivity contribution in [3.8, 4) is 11.5 Å². The van der Waals surface area contributed by atoms with Crippen LogP contribution in [0.1, 0.15) is 31.8 Å². The van der Waals surface area contributed by atoms with E-state index in [9.17, 15) is 44.7 Å². The average Bonchev–Trinajstić information content (AvgIpc) is 2.71. The van der Waals surface area contributed by atoms with Crippen molar-refractivity contribution < 1.29 is 44.7 Å². The highest BCUT2D eigenvalue weighted by atomic mass is 16.4. The lowest BCUT2D eigenvalue weighted by Gasteiger charge is -2.20. The van der Waals surface area contributed by atoms with Crippen molar-refractivity contribution >= 4 is 29.3 Å². The standard InChI is InChI=1S/C22H14O9/c23-16-4-1-10(7-13(16)20(26)27)19(11-2-5-17(24)14(8-11)21(28)29)12-3-6-18(25)15(9-12)22(30)31/h1-9,23-24H,(H,26,27)(H,28,29)(H,30,31)/p-3. The van der Waals surface area contributed by atoms with Crippen LogP contribution in [0, 0.1) is 0 Å². The van der Waals surface area contributed by atoms with Crippen molar-refractivity contribution in [3.05, 3.63) is 88.0 Å². The summed E-state index contributed by atoms with van der Waals surface area (Å²) in [5, 5.41) is 53.5. The van der Waals surface area contributed by atoms with E-state index in [-0.39, 0.29) is 22.3 Å². The fourth-order valence-corrected chi connectivity index (χ4v) is 3.05. The molecule has 0 atom stereocenters. The summed E-state index contributed by atoms with van der Waals surface area (Å²) in [6, 6.07) is 6.49. The summed E-state index contributed by atoms with van der Waals surface area (Å²) in [5.41, 5.74) is -1.38. The van der Waals surface area contributed by atoms with Gasteiger partial charge in [0.2, 0.25) is 0 Å². The van der Waals surface area contributed by atoms with E-state index in [1.54, 1.807) is 0 Å². The summed E-state index contributed by atoms with van der Waals surface area (Å²) >= 11 is 0. The Morgan fingerprint density at radius 2 is 1.32 bits per heavy atom. The molecule has 0 unspecified atom stereocenters. The van der Waals surface area contributed by atoms with E-state index in [2.05, 4.69) is 0 Å². The molecule has 0 aliphatic heterocycles. The quantitative estimate of drug-likeness (QED) is 0.623. The van der Waals surface area contributed by atoms with Crippen molar-refractivity contribution in [1.29, 1.82) is 0 Å². The van der Waals surface area contributed by atoms with Gasteiger partial charge in [0.1, 0.15) is 5.57 Å². The number of hydrogen-bond donors (Lipinski definition) is 2. The molecular weight excluding hydrogens is 408 g/mol. The third-order valence-corrected chi connectivity index (χ3v) is 4.49. The molecule has 0 heterocycles. The summed E-state index contributed by atoms with van der Waals surface area (Å²) in [4.78, 5) is 45.9. The molecule has 31 heavy (non-hydrogen) atoms. The molecule has 1 aliphatic rings. The van der Waals surface area contributed by atoms with Crippen LogP contribution in [-0.2, 0) is 9.59 Å². The number of carboxylic acids is 3. The van der Waals surface area contributed by atoms with E-state index >= 15 is 0 Å². The maximum Gasteiger partial charge on any atom is 0.339 e. The molecule has 9 heteroatoms. The number of allylic oxidation sites excluding steroid dienone is 4. The SMILES string of the molecule is O=C(O)C1=C/C(=C(/c2ccc([O-])c(C(=O)[O-])c2)c2ccc([O-])c(C(=O)O)c2)C=CC1=O. The lowest BCUT2D eigenvalue weighted by molar-refractivity contribution is -0.276. The third-order valence-electron chi connectivity index (χ3n) is 4.49. The molecule has 0 amide bonds. The molecule has 0 aromatic heterocycles. The second-order valence-corrected chi connectivity index (χ2v) is 6.41. The highest BCUT2D eigenvalue weighted by Gasteiger charge is 2.21. The molecule has 0 saturated heterocycles. The van der Waals surface area contributed by atoms with E-state index < -0.39 is 51.9 Å². The van der Waals surface area contributed by atoms with Gasteiger partial charge in [0.05, 0.1) is 11.5 Å². The lowest BCUT2D eigenvalue weighted by Crippen LogP contribution is -2.23. The van der Waals surface area contributed by atoms with Gasteiger partial charge in [-0.05, 0) is 52.1 Å². The fraction of sp³-hybridized carbons (Fsp3) is 0. The van der Waals surface area contributed by atoms with Crippen LogP contribution >= 0.6 is 0 Å². The van der Waals surface area contributed by atoms with Crippen LogP contribution in [0.15, 0.2) is 65.8 Å². The van der Waals surface area contributed by atoms with Gasteiger partial charge in [0, 0.05) is 0 Å². The van der Waals surface area contributed by atoms with Gasteiger partial charge in [-0.2, -0.15) is 0 Å². The van der Waals surface area contributed by atoms with E-state index in [0.29, 0.717) is 0 Å². The molecule has 0 radical (unpaired) electrons. The Bertz CT molecular complexity index is 1180. The summed E-state index contributed by atoms with van der Waals surface area (Å²) in [5.74, 6) is -7.13. The van der Waals surface area contributed by atoms with Crippen LogP contribution in [-0.4, -0.2) is 33.9 Å². The number of carbonyl (C=O) groups excluding carboxylic acids is 2. The normalized spacial score (nSPS) is 14.7. The van der Waals surface area contributed by atoms with Crippen molar-refractivity contribution in [3.63, 3.8) is 0 Å². The van der Waals surface area contributed by atoms with Crippen molar-refractivity contribution in [2.75, 3.05) is 0 Å². The van der Waals surface area contributed by atoms with E-state index in [1.807, 2.05) is 0 Å². The molecule has 2 N–H and O–H groups in total. The molecule has 156 valence electrons.